The monoisotopic (exact) mass is 1030 g/mol. The van der Waals surface area contributed by atoms with E-state index in [2.05, 4.69) is 21.3 Å². The first-order valence-corrected chi connectivity index (χ1v) is 26.3. The zero-order chi connectivity index (χ0) is 53.8. The number of Topliss-reactive ketones (excluding diaryl/α,β-unsaturated/α-hetero) is 2. The highest BCUT2D eigenvalue weighted by molar-refractivity contribution is 5.87. The highest BCUT2D eigenvalue weighted by atomic mass is 16.5. The van der Waals surface area contributed by atoms with Crippen LogP contribution < -0.4 is 21.3 Å². The summed E-state index contributed by atoms with van der Waals surface area (Å²) in [7, 11) is 0. The van der Waals surface area contributed by atoms with Crippen molar-refractivity contribution < 1.29 is 83.0 Å². The van der Waals surface area contributed by atoms with Crippen LogP contribution in [-0.2, 0) is 57.4 Å². The van der Waals surface area contributed by atoms with Gasteiger partial charge in [0.25, 0.3) is 0 Å². The highest BCUT2D eigenvalue weighted by Gasteiger charge is 2.26. The quantitative estimate of drug-likeness (QED) is 0.0351. The van der Waals surface area contributed by atoms with Gasteiger partial charge in [-0.3, -0.25) is 38.4 Å². The van der Waals surface area contributed by atoms with Crippen molar-refractivity contribution in [2.24, 2.45) is 11.8 Å². The van der Waals surface area contributed by atoms with Gasteiger partial charge in [0, 0.05) is 57.5 Å². The van der Waals surface area contributed by atoms with Gasteiger partial charge in [-0.2, -0.15) is 0 Å². The van der Waals surface area contributed by atoms with Crippen LogP contribution in [0.2, 0.25) is 0 Å². The Morgan fingerprint density at radius 2 is 0.875 bits per heavy atom. The molecule has 0 unspecified atom stereocenters. The van der Waals surface area contributed by atoms with Crippen LogP contribution in [0.4, 0.5) is 0 Å². The predicted octanol–water partition coefficient (Wildman–Crippen LogP) is 5.26. The predicted molar refractivity (Wildman–Crippen MR) is 266 cm³/mol. The number of aliphatic hydroxyl groups excluding tert-OH is 1. The van der Waals surface area contributed by atoms with Gasteiger partial charge >= 0.3 is 23.9 Å². The van der Waals surface area contributed by atoms with Crippen molar-refractivity contribution in [2.75, 3.05) is 46.1 Å². The topological polar surface area (TPSA) is 338 Å². The number of aliphatic hydroxyl groups is 1. The molecule has 0 heterocycles. The Labute approximate surface area is 425 Å². The van der Waals surface area contributed by atoms with E-state index in [1.165, 1.54) is 51.4 Å². The van der Waals surface area contributed by atoms with Gasteiger partial charge in [0.1, 0.15) is 25.3 Å². The normalized spacial score (nSPS) is 12.8. The van der Waals surface area contributed by atoms with Gasteiger partial charge < -0.3 is 56.3 Å². The van der Waals surface area contributed by atoms with Crippen molar-refractivity contribution in [2.45, 2.75) is 205 Å². The first-order valence-electron chi connectivity index (χ1n) is 26.3. The summed E-state index contributed by atoms with van der Waals surface area (Å²) in [6.07, 6.45) is 18.6. The van der Waals surface area contributed by atoms with Gasteiger partial charge in [-0.15, -0.1) is 0 Å². The average molecular weight is 1030 g/mol. The maximum absolute atomic E-state index is 12.5. The Balaban J connectivity index is 4.11. The number of rotatable bonds is 51. The van der Waals surface area contributed by atoms with Crippen LogP contribution in [0.25, 0.3) is 0 Å². The van der Waals surface area contributed by atoms with Crippen LogP contribution in [0.15, 0.2) is 0 Å². The van der Waals surface area contributed by atoms with E-state index < -0.39 is 85.0 Å². The number of carbonyl (C=O) groups is 10. The van der Waals surface area contributed by atoms with Gasteiger partial charge in [0.15, 0.2) is 11.6 Å². The van der Waals surface area contributed by atoms with Crippen molar-refractivity contribution in [3.05, 3.63) is 0 Å². The number of unbranched alkanes of at least 4 members (excludes halogenated alkanes) is 16. The standard InChI is InChI=1S/C51H88N4O17/c1-2-38(43(58)36-56)21-19-20-30-52-44(59)28-25-42(51(69)70)55-47(62)27-24-39(49(65)66)35-40(57)37-72-34-33-71-32-31-53-45(60)29-26-41(50(67)68)54-46(61)22-17-15-13-11-9-7-5-3-4-6-8-10-12-14-16-18-23-48(63)64/h38-39,41-42,56H,2-37H2,1H3,(H,52,59)(H,53,60)(H,54,61)(H,55,62)(H,63,64)(H,65,66)(H,67,68)(H,69,70)/t38-,39+,41-,42-/m0/s1. The first kappa shape index (κ1) is 67.0. The fraction of sp³-hybridized carbons (Fsp3) is 0.804. The van der Waals surface area contributed by atoms with E-state index in [0.29, 0.717) is 38.6 Å². The summed E-state index contributed by atoms with van der Waals surface area (Å²) in [5.74, 6) is -8.87. The van der Waals surface area contributed by atoms with Crippen LogP contribution in [0.1, 0.15) is 193 Å². The first-order chi connectivity index (χ1) is 34.5. The molecule has 4 amide bonds. The SMILES string of the molecule is CC[C@@H](CCCCNC(=O)CC[C@H](NC(=O)CC[C@H](CC(=O)COCCOCCNC(=O)CC[C@H](NC(=O)CCCCCCCCCCCCCCCCCCC(=O)O)C(=O)O)C(=O)O)C(=O)O)C(=O)CO. The molecule has 0 rings (SSSR count). The molecule has 414 valence electrons. The molecule has 0 aromatic rings. The minimum Gasteiger partial charge on any atom is -0.481 e. The molecule has 21 nitrogen and oxygen atoms in total. The molecule has 0 fully saturated rings. The number of ether oxygens (including phenoxy) is 2. The van der Waals surface area contributed by atoms with Crippen LogP contribution >= 0.6 is 0 Å². The number of nitrogens with one attached hydrogen (secondary N) is 4. The summed E-state index contributed by atoms with van der Waals surface area (Å²) in [4.78, 5) is 119. The zero-order valence-corrected chi connectivity index (χ0v) is 42.9. The molecule has 0 aromatic heterocycles. The number of carbonyl (C=O) groups excluding carboxylic acids is 6. The Hall–Kier alpha value is -5.02. The fourth-order valence-corrected chi connectivity index (χ4v) is 7.90. The molecule has 72 heavy (non-hydrogen) atoms. The molecule has 0 saturated carbocycles. The summed E-state index contributed by atoms with van der Waals surface area (Å²) in [6.45, 7) is 1.44. The number of ketones is 2. The molecule has 0 bridgehead atoms. The van der Waals surface area contributed by atoms with Crippen molar-refractivity contribution in [3.8, 4) is 0 Å². The third kappa shape index (κ3) is 39.6. The maximum atomic E-state index is 12.5. The fourth-order valence-electron chi connectivity index (χ4n) is 7.90. The molecule has 0 aliphatic rings. The van der Waals surface area contributed by atoms with Crippen molar-refractivity contribution in [1.29, 1.82) is 0 Å². The number of amides is 4. The van der Waals surface area contributed by atoms with E-state index in [4.69, 9.17) is 19.7 Å². The summed E-state index contributed by atoms with van der Waals surface area (Å²) in [5.41, 5.74) is 0. The number of aliphatic carboxylic acids is 4. The van der Waals surface area contributed by atoms with Gasteiger partial charge in [0.2, 0.25) is 23.6 Å². The average Bonchev–Trinajstić information content (AvgIpc) is 3.33. The van der Waals surface area contributed by atoms with Crippen LogP contribution in [0, 0.1) is 11.8 Å². The van der Waals surface area contributed by atoms with E-state index in [-0.39, 0.29) is 95.3 Å². The maximum Gasteiger partial charge on any atom is 0.326 e. The summed E-state index contributed by atoms with van der Waals surface area (Å²) >= 11 is 0. The minimum absolute atomic E-state index is 0.0225. The van der Waals surface area contributed by atoms with Gasteiger partial charge in [-0.05, 0) is 51.4 Å². The van der Waals surface area contributed by atoms with E-state index in [0.717, 1.165) is 44.9 Å². The molecule has 0 saturated heterocycles. The van der Waals surface area contributed by atoms with Gasteiger partial charge in [-0.25, -0.2) is 9.59 Å². The minimum atomic E-state index is -1.40. The van der Waals surface area contributed by atoms with E-state index in [1.807, 2.05) is 6.92 Å². The third-order valence-electron chi connectivity index (χ3n) is 12.3. The second-order valence-electron chi connectivity index (χ2n) is 18.5. The number of carboxylic acid groups (broad SMARTS) is 4. The molecular weight excluding hydrogens is 941 g/mol. The van der Waals surface area contributed by atoms with E-state index in [9.17, 15) is 63.3 Å². The Morgan fingerprint density at radius 1 is 0.431 bits per heavy atom. The van der Waals surface area contributed by atoms with Gasteiger partial charge in [-0.1, -0.05) is 103 Å². The van der Waals surface area contributed by atoms with Crippen molar-refractivity contribution >= 4 is 59.1 Å². The molecule has 4 atom stereocenters. The Morgan fingerprint density at radius 3 is 1.33 bits per heavy atom. The zero-order valence-electron chi connectivity index (χ0n) is 42.9. The largest absolute Gasteiger partial charge is 0.481 e. The second-order valence-corrected chi connectivity index (χ2v) is 18.5. The summed E-state index contributed by atoms with van der Waals surface area (Å²) in [5, 5.41) is 56.5. The third-order valence-corrected chi connectivity index (χ3v) is 12.3. The molecule has 0 radical (unpaired) electrons. The van der Waals surface area contributed by atoms with Crippen LogP contribution in [-0.4, -0.2) is 143 Å². The molecule has 0 aromatic carbocycles. The Kier molecular flexibility index (Phi) is 41.5. The highest BCUT2D eigenvalue weighted by Crippen LogP contribution is 2.17. The van der Waals surface area contributed by atoms with Crippen LogP contribution in [0.3, 0.4) is 0 Å². The smallest absolute Gasteiger partial charge is 0.326 e. The van der Waals surface area contributed by atoms with E-state index >= 15 is 0 Å². The van der Waals surface area contributed by atoms with Crippen molar-refractivity contribution in [1.82, 2.24) is 21.3 Å². The lowest BCUT2D eigenvalue weighted by Gasteiger charge is -2.16. The lowest BCUT2D eigenvalue weighted by atomic mass is 9.95. The van der Waals surface area contributed by atoms with Crippen LogP contribution in [0.5, 0.6) is 0 Å². The number of carboxylic acids is 4. The number of hydrogen-bond donors (Lipinski definition) is 9. The summed E-state index contributed by atoms with van der Waals surface area (Å²) < 4.78 is 10.6. The molecule has 0 aliphatic carbocycles. The van der Waals surface area contributed by atoms with E-state index in [1.54, 1.807) is 0 Å². The number of hydrogen-bond acceptors (Lipinski definition) is 13. The van der Waals surface area contributed by atoms with Gasteiger partial charge in [0.05, 0.1) is 25.7 Å². The molecule has 21 heteroatoms. The molecular formula is C51H88N4O17. The van der Waals surface area contributed by atoms with Crippen molar-refractivity contribution in [3.63, 3.8) is 0 Å². The lowest BCUT2D eigenvalue weighted by Crippen LogP contribution is -2.42. The lowest BCUT2D eigenvalue weighted by molar-refractivity contribution is -0.145. The molecule has 0 spiro atoms. The summed E-state index contributed by atoms with van der Waals surface area (Å²) in [6, 6.07) is -2.60. The molecule has 9 N–H and O–H groups in total. The second kappa shape index (κ2) is 44.7. The molecule has 0 aliphatic heterocycles. The Bertz CT molecular complexity index is 1600.